The summed E-state index contributed by atoms with van der Waals surface area (Å²) < 4.78 is 47.0. The maximum Gasteiger partial charge on any atom is 0.317 e. The summed E-state index contributed by atoms with van der Waals surface area (Å²) in [6, 6.07) is 16.3. The van der Waals surface area contributed by atoms with Crippen molar-refractivity contribution in [2.45, 2.75) is 105 Å². The first-order valence-corrected chi connectivity index (χ1v) is 34.5. The first-order valence-electron chi connectivity index (χ1n) is 27.8. The van der Waals surface area contributed by atoms with Gasteiger partial charge in [-0.1, -0.05) is 80.2 Å². The molecule has 0 saturated carbocycles. The van der Waals surface area contributed by atoms with Crippen molar-refractivity contribution in [3.63, 3.8) is 0 Å². The molecule has 31 heteroatoms. The second kappa shape index (κ2) is 37.5. The number of benzene rings is 3. The van der Waals surface area contributed by atoms with Crippen molar-refractivity contribution in [1.29, 1.82) is 0 Å². The first kappa shape index (κ1) is 77.4. The standard InChI is InChI=1S/C18H17FN4O2S.C15H22ClNO2.C11H11Cl2NO2.C8H14ClN5.C3H8NO5P.C3H9S/c1-4-5-22-13-7-12(11(19)6-14(13)25-9-16(22)24)20-17-23-10-18(2,3)8-15(23)21-26-17;1-5-13-8-6-7-11(2)15(13)17(14(18)9-16)12(3)10-19-4;1-7-6-16-9-5-3-2-4-8(9)14(7)11(15)10(12)13;1-4-10-7-12-6(9)13-8(14-7)11-5(2)3;5-3(6)1-4-2-10(7,8)9;1-4(2)3/h1,6-7H,5,8-10H2,2-3H3;6-8,12H,5,9-10H2,1-4H3;2-5,7,10H,6H2,1H3;5H,4H2,1-3H3,(H2,10,11,12,13,14);4H,1-2H2,(H,5,6)(H2,7,8,9);1-3H3/q;;;;;+1/p-1. The van der Waals surface area contributed by atoms with Gasteiger partial charge in [-0.2, -0.15) is 19.3 Å². The van der Waals surface area contributed by atoms with Crippen molar-refractivity contribution in [1.82, 2.24) is 29.2 Å². The van der Waals surface area contributed by atoms with E-state index < -0.39 is 37.0 Å². The summed E-state index contributed by atoms with van der Waals surface area (Å²) in [4.78, 5) is 84.7. The highest BCUT2D eigenvalue weighted by Gasteiger charge is 2.33. The highest BCUT2D eigenvalue weighted by Crippen LogP contribution is 2.38. The molecule has 2 aromatic heterocycles. The Hall–Kier alpha value is -5.82. The lowest BCUT2D eigenvalue weighted by Gasteiger charge is -2.35. The molecule has 3 amide bonds. The van der Waals surface area contributed by atoms with Gasteiger partial charge in [-0.05, 0) is 105 Å². The van der Waals surface area contributed by atoms with Crippen LogP contribution in [0.25, 0.3) is 0 Å². The summed E-state index contributed by atoms with van der Waals surface area (Å²) in [5, 5.41) is 16.2. The van der Waals surface area contributed by atoms with Crippen LogP contribution in [-0.2, 0) is 58.8 Å². The number of ether oxygens (including phenoxy) is 3. The molecular weight excluding hydrogens is 1300 g/mol. The molecular formula is C58H80Cl4FN12O11PS2. The number of carboxylic acid groups (broad SMARTS) is 1. The molecule has 0 bridgehead atoms. The number of fused-ring (bicyclic) bond motifs is 3. The lowest BCUT2D eigenvalue weighted by atomic mass is 9.92. The molecule has 3 aliphatic rings. The van der Waals surface area contributed by atoms with Gasteiger partial charge in [-0.3, -0.25) is 29.4 Å². The fraction of sp³-hybridized carbons (Fsp3) is 0.500. The minimum Gasteiger partial charge on any atom is -0.778 e. The summed E-state index contributed by atoms with van der Waals surface area (Å²) in [7, 11) is -2.07. The van der Waals surface area contributed by atoms with Gasteiger partial charge in [0.1, 0.15) is 43.1 Å². The predicted octanol–water partition coefficient (Wildman–Crippen LogP) is 8.46. The van der Waals surface area contributed by atoms with Crippen LogP contribution in [0, 0.1) is 30.5 Å². The van der Waals surface area contributed by atoms with Gasteiger partial charge in [0.2, 0.25) is 27.9 Å². The molecule has 5 N–H and O–H groups in total. The Labute approximate surface area is 547 Å². The molecule has 3 aliphatic heterocycles. The summed E-state index contributed by atoms with van der Waals surface area (Å²) in [6.45, 7) is 20.2. The fourth-order valence-corrected chi connectivity index (χ4v) is 10.2. The van der Waals surface area contributed by atoms with Crippen molar-refractivity contribution in [3.8, 4) is 23.8 Å². The zero-order valence-corrected chi connectivity index (χ0v) is 57.7. The van der Waals surface area contributed by atoms with Gasteiger partial charge in [-0.25, -0.2) is 9.38 Å². The molecule has 0 fully saturated rings. The summed E-state index contributed by atoms with van der Waals surface area (Å²) >= 11 is 24.0. The zero-order valence-electron chi connectivity index (χ0n) is 52.1. The molecule has 3 unspecified atom stereocenters. The van der Waals surface area contributed by atoms with E-state index in [4.69, 9.17) is 77.0 Å². The number of carbonyl (C=O) groups excluding carboxylic acids is 3. The van der Waals surface area contributed by atoms with Crippen LogP contribution in [0.5, 0.6) is 11.5 Å². The SMILES string of the molecule is C#CCN1C(=O)COc2cc(F)c(N=c3snc4n3CC(C)(C)C4)cc21.CC1COc2ccccc2N1C(=O)C(Cl)Cl.CCNc1nc(Cl)nc(NC(C)C)n1.CCc1cccc(C)c1N(C(=O)CCl)C(C)COC.C[S+](C)C.O=C(O)CNCP(=O)([O-])O. The maximum absolute atomic E-state index is 14.5. The van der Waals surface area contributed by atoms with E-state index in [1.54, 1.807) is 16.9 Å². The van der Waals surface area contributed by atoms with Crippen LogP contribution in [0.15, 0.2) is 59.6 Å². The fourth-order valence-electron chi connectivity index (χ4n) is 8.52. The largest absolute Gasteiger partial charge is 0.778 e. The minimum atomic E-state index is -4.35. The van der Waals surface area contributed by atoms with Crippen molar-refractivity contribution in [2.75, 3.05) is 103 Å². The van der Waals surface area contributed by atoms with Crippen molar-refractivity contribution < 1.29 is 57.2 Å². The van der Waals surface area contributed by atoms with Crippen LogP contribution in [-0.4, -0.2) is 158 Å². The molecule has 3 aromatic carbocycles. The predicted molar refractivity (Wildman–Crippen MR) is 354 cm³/mol. The molecule has 89 heavy (non-hydrogen) atoms. The van der Waals surface area contributed by atoms with Gasteiger partial charge in [0.25, 0.3) is 11.8 Å². The van der Waals surface area contributed by atoms with E-state index in [0.29, 0.717) is 58.0 Å². The third kappa shape index (κ3) is 25.4. The third-order valence-corrected chi connectivity index (χ3v) is 14.2. The number of amides is 3. The Morgan fingerprint density at radius 1 is 1.06 bits per heavy atom. The smallest absolute Gasteiger partial charge is 0.317 e. The van der Waals surface area contributed by atoms with Crippen LogP contribution in [0.2, 0.25) is 5.28 Å². The third-order valence-electron chi connectivity index (χ3n) is 12.0. The van der Waals surface area contributed by atoms with Crippen molar-refractivity contribution in [3.05, 3.63) is 87.5 Å². The number of halogens is 5. The van der Waals surface area contributed by atoms with E-state index in [-0.39, 0.29) is 71.3 Å². The Bertz CT molecular complexity index is 3310. The average Bonchev–Trinajstić information content (AvgIpc) is 2.90. The monoisotopic (exact) mass is 1370 g/mol. The number of aromatic nitrogens is 5. The van der Waals surface area contributed by atoms with E-state index in [1.807, 2.05) is 87.8 Å². The zero-order chi connectivity index (χ0) is 66.9. The van der Waals surface area contributed by atoms with E-state index in [1.165, 1.54) is 28.6 Å². The molecule has 0 spiro atoms. The van der Waals surface area contributed by atoms with Gasteiger partial charge in [0.15, 0.2) is 17.3 Å². The van der Waals surface area contributed by atoms with Crippen LogP contribution < -0.4 is 49.8 Å². The number of rotatable bonds is 17. The molecule has 0 saturated heterocycles. The molecule has 5 heterocycles. The lowest BCUT2D eigenvalue weighted by molar-refractivity contribution is -0.193. The number of hydrogen-bond acceptors (Lipinski definition) is 18. The Balaban J connectivity index is 0.000000296. The average molecular weight is 1380 g/mol. The topological polar surface area (TPSA) is 291 Å². The Kier molecular flexibility index (Phi) is 32.6. The number of aliphatic carboxylic acids is 1. The highest BCUT2D eigenvalue weighted by molar-refractivity contribution is 7.94. The number of aryl methyl sites for hydroxylation is 2. The molecule has 0 aliphatic carbocycles. The minimum absolute atomic E-state index is 0.0223. The Morgan fingerprint density at radius 2 is 1.72 bits per heavy atom. The summed E-state index contributed by atoms with van der Waals surface area (Å²) in [6.07, 6.45) is 13.0. The summed E-state index contributed by atoms with van der Waals surface area (Å²) in [5.74, 6) is 3.00. The van der Waals surface area contributed by atoms with E-state index >= 15 is 0 Å². The normalized spacial score (nSPS) is 15.3. The second-order valence-corrected chi connectivity index (χ2v) is 27.8. The number of methoxy groups -OCH3 is 1. The maximum atomic E-state index is 14.5. The second-order valence-electron chi connectivity index (χ2n) is 21.4. The number of hydrogen-bond donors (Lipinski definition) is 5. The van der Waals surface area contributed by atoms with Crippen LogP contribution in [0.3, 0.4) is 0 Å². The van der Waals surface area contributed by atoms with Gasteiger partial charge in [-0.15, -0.1) is 18.0 Å². The van der Waals surface area contributed by atoms with Crippen molar-refractivity contribution >= 4 is 135 Å². The molecule has 5 aromatic rings. The number of carbonyl (C=O) groups is 4. The van der Waals surface area contributed by atoms with Crippen LogP contribution in [0.1, 0.15) is 72.3 Å². The van der Waals surface area contributed by atoms with E-state index in [0.717, 1.165) is 54.3 Å². The van der Waals surface area contributed by atoms with Gasteiger partial charge in [0.05, 0.1) is 73.9 Å². The number of para-hydroxylation sites is 3. The van der Waals surface area contributed by atoms with Crippen LogP contribution >= 0.6 is 65.5 Å². The van der Waals surface area contributed by atoms with Gasteiger partial charge in [0, 0.05) is 50.3 Å². The Morgan fingerprint density at radius 3 is 2.30 bits per heavy atom. The van der Waals surface area contributed by atoms with Crippen LogP contribution in [0.4, 0.5) is 39.0 Å². The quantitative estimate of drug-likeness (QED) is 0.0252. The highest BCUT2D eigenvalue weighted by atomic mass is 35.5. The van der Waals surface area contributed by atoms with Gasteiger partial charge < -0.3 is 58.7 Å². The number of carboxylic acids is 1. The van der Waals surface area contributed by atoms with Gasteiger partial charge >= 0.3 is 5.97 Å². The lowest BCUT2D eigenvalue weighted by Crippen LogP contribution is -2.47. The number of anilines is 5. The molecule has 490 valence electrons. The van der Waals surface area contributed by atoms with E-state index in [2.05, 4.69) is 86.5 Å². The first-order chi connectivity index (χ1) is 41.8. The number of alkyl halides is 3. The number of terminal acetylenes is 1. The van der Waals surface area contributed by atoms with E-state index in [9.17, 15) is 33.0 Å². The molecule has 0 radical (unpaired) electrons. The molecule has 3 atom stereocenters. The molecule has 23 nitrogen and oxygen atoms in total. The molecule has 8 rings (SSSR count). The van der Waals surface area contributed by atoms with Crippen molar-refractivity contribution in [2.24, 2.45) is 10.4 Å². The number of nitrogens with zero attached hydrogens (tertiary/aromatic N) is 9. The number of nitrogens with one attached hydrogen (secondary N) is 3. The summed E-state index contributed by atoms with van der Waals surface area (Å²) in [5.41, 5.74) is 4.61.